The van der Waals surface area contributed by atoms with Crippen LogP contribution >= 0.6 is 0 Å². The molecule has 2 rings (SSSR count). The van der Waals surface area contributed by atoms with Crippen molar-refractivity contribution in [3.8, 4) is 11.6 Å². The van der Waals surface area contributed by atoms with Crippen LogP contribution in [0.3, 0.4) is 0 Å². The van der Waals surface area contributed by atoms with E-state index in [2.05, 4.69) is 31.8 Å². The Morgan fingerprint density at radius 2 is 1.65 bits per heavy atom. The van der Waals surface area contributed by atoms with Gasteiger partial charge in [0, 0.05) is 12.3 Å². The molecule has 88 valence electrons. The molecule has 1 aromatic carbocycles. The molecule has 0 N–H and O–H groups in total. The van der Waals surface area contributed by atoms with Gasteiger partial charge in [0.05, 0.1) is 0 Å². The summed E-state index contributed by atoms with van der Waals surface area (Å²) in [5.74, 6) is 1.44. The van der Waals surface area contributed by atoms with Crippen molar-refractivity contribution in [3.63, 3.8) is 0 Å². The van der Waals surface area contributed by atoms with Crippen LogP contribution in [0.5, 0.6) is 11.6 Å². The first-order valence-electron chi connectivity index (χ1n) is 5.75. The average molecular weight is 227 g/mol. The molecule has 1 aromatic heterocycles. The van der Waals surface area contributed by atoms with Gasteiger partial charge in [-0.15, -0.1) is 0 Å². The summed E-state index contributed by atoms with van der Waals surface area (Å²) in [7, 11) is 0. The van der Waals surface area contributed by atoms with Crippen LogP contribution in [-0.2, 0) is 5.41 Å². The Balaban J connectivity index is 2.14. The lowest BCUT2D eigenvalue weighted by molar-refractivity contribution is 0.461. The zero-order valence-corrected chi connectivity index (χ0v) is 10.5. The molecule has 0 radical (unpaired) electrons. The van der Waals surface area contributed by atoms with Gasteiger partial charge in [-0.25, -0.2) is 4.98 Å². The lowest BCUT2D eigenvalue weighted by Gasteiger charge is -2.18. The van der Waals surface area contributed by atoms with E-state index in [-0.39, 0.29) is 5.41 Å². The zero-order chi connectivity index (χ0) is 12.3. The number of nitrogens with zero attached hydrogens (tertiary/aromatic N) is 1. The van der Waals surface area contributed by atoms with Gasteiger partial charge in [-0.3, -0.25) is 0 Å². The van der Waals surface area contributed by atoms with Gasteiger partial charge >= 0.3 is 0 Å². The Kier molecular flexibility index (Phi) is 3.14. The molecule has 0 saturated carbocycles. The topological polar surface area (TPSA) is 22.1 Å². The summed E-state index contributed by atoms with van der Waals surface area (Å²) in [4.78, 5) is 4.32. The van der Waals surface area contributed by atoms with Crippen molar-refractivity contribution in [1.82, 2.24) is 4.98 Å². The molecule has 2 heteroatoms. The Labute approximate surface area is 102 Å². The molecule has 0 spiro atoms. The lowest BCUT2D eigenvalue weighted by Crippen LogP contribution is -2.11. The standard InChI is InChI=1S/C15H17NO/c1-15(2,3)12-9-10-14(16-11-12)17-13-7-5-4-6-8-13/h4-11H,1-3H3. The number of ether oxygens (including phenoxy) is 1. The van der Waals surface area contributed by atoms with Gasteiger partial charge in [0.2, 0.25) is 5.88 Å². The van der Waals surface area contributed by atoms with Crippen LogP contribution in [-0.4, -0.2) is 4.98 Å². The van der Waals surface area contributed by atoms with Crippen molar-refractivity contribution in [2.75, 3.05) is 0 Å². The minimum atomic E-state index is 0.123. The summed E-state index contributed by atoms with van der Waals surface area (Å²) in [6.45, 7) is 6.51. The summed E-state index contributed by atoms with van der Waals surface area (Å²) in [5, 5.41) is 0. The predicted octanol–water partition coefficient (Wildman–Crippen LogP) is 4.17. The van der Waals surface area contributed by atoms with E-state index in [0.717, 1.165) is 5.75 Å². The number of rotatable bonds is 2. The van der Waals surface area contributed by atoms with Crippen LogP contribution in [0.4, 0.5) is 0 Å². The van der Waals surface area contributed by atoms with Crippen LogP contribution in [0.2, 0.25) is 0 Å². The molecular formula is C15H17NO. The summed E-state index contributed by atoms with van der Waals surface area (Å²) in [6, 6.07) is 13.7. The van der Waals surface area contributed by atoms with E-state index >= 15 is 0 Å². The molecule has 0 aliphatic heterocycles. The lowest BCUT2D eigenvalue weighted by atomic mass is 9.88. The third-order valence-corrected chi connectivity index (χ3v) is 2.57. The molecule has 0 aliphatic rings. The van der Waals surface area contributed by atoms with Crippen LogP contribution < -0.4 is 4.74 Å². The Morgan fingerprint density at radius 1 is 0.941 bits per heavy atom. The first-order valence-corrected chi connectivity index (χ1v) is 5.75. The van der Waals surface area contributed by atoms with Gasteiger partial charge in [-0.2, -0.15) is 0 Å². The first kappa shape index (κ1) is 11.6. The van der Waals surface area contributed by atoms with Crippen LogP contribution in [0.1, 0.15) is 26.3 Å². The van der Waals surface area contributed by atoms with Gasteiger partial charge in [-0.05, 0) is 23.1 Å². The first-order chi connectivity index (χ1) is 8.05. The number of hydrogen-bond donors (Lipinski definition) is 0. The minimum Gasteiger partial charge on any atom is -0.439 e. The van der Waals surface area contributed by atoms with E-state index in [4.69, 9.17) is 4.74 Å². The van der Waals surface area contributed by atoms with Crippen molar-refractivity contribution < 1.29 is 4.74 Å². The summed E-state index contributed by atoms with van der Waals surface area (Å²) in [5.41, 5.74) is 1.33. The number of benzene rings is 1. The second-order valence-corrected chi connectivity index (χ2v) is 5.05. The monoisotopic (exact) mass is 227 g/mol. The number of hydrogen-bond acceptors (Lipinski definition) is 2. The highest BCUT2D eigenvalue weighted by Crippen LogP contribution is 2.24. The fourth-order valence-corrected chi connectivity index (χ4v) is 1.49. The SMILES string of the molecule is CC(C)(C)c1ccc(Oc2ccccc2)nc1. The summed E-state index contributed by atoms with van der Waals surface area (Å²) in [6.07, 6.45) is 1.87. The zero-order valence-electron chi connectivity index (χ0n) is 10.5. The van der Waals surface area contributed by atoms with Gasteiger partial charge in [0.15, 0.2) is 0 Å². The molecular weight excluding hydrogens is 210 g/mol. The molecule has 2 nitrogen and oxygen atoms in total. The van der Waals surface area contributed by atoms with E-state index in [1.165, 1.54) is 5.56 Å². The van der Waals surface area contributed by atoms with Crippen molar-refractivity contribution in [1.29, 1.82) is 0 Å². The Bertz CT molecular complexity index is 469. The average Bonchev–Trinajstić information content (AvgIpc) is 2.30. The Hall–Kier alpha value is -1.83. The van der Waals surface area contributed by atoms with Crippen molar-refractivity contribution in [2.24, 2.45) is 0 Å². The van der Waals surface area contributed by atoms with Crippen molar-refractivity contribution >= 4 is 0 Å². The van der Waals surface area contributed by atoms with Crippen LogP contribution in [0.15, 0.2) is 48.7 Å². The molecule has 0 fully saturated rings. The minimum absolute atomic E-state index is 0.123. The fraction of sp³-hybridized carbons (Fsp3) is 0.267. The van der Waals surface area contributed by atoms with Gasteiger partial charge in [0.1, 0.15) is 5.75 Å². The van der Waals surface area contributed by atoms with Crippen molar-refractivity contribution in [3.05, 3.63) is 54.2 Å². The highest BCUT2D eigenvalue weighted by atomic mass is 16.5. The maximum atomic E-state index is 5.63. The molecule has 0 amide bonds. The van der Waals surface area contributed by atoms with E-state index in [9.17, 15) is 0 Å². The second kappa shape index (κ2) is 4.58. The molecule has 0 bridgehead atoms. The van der Waals surface area contributed by atoms with Gasteiger partial charge in [-0.1, -0.05) is 45.0 Å². The summed E-state index contributed by atoms with van der Waals surface area (Å²) >= 11 is 0. The smallest absolute Gasteiger partial charge is 0.219 e. The largest absolute Gasteiger partial charge is 0.439 e. The molecule has 2 aromatic rings. The molecule has 0 atom stereocenters. The van der Waals surface area contributed by atoms with E-state index in [1.54, 1.807) is 0 Å². The van der Waals surface area contributed by atoms with Crippen LogP contribution in [0, 0.1) is 0 Å². The molecule has 17 heavy (non-hydrogen) atoms. The molecule has 0 unspecified atom stereocenters. The van der Waals surface area contributed by atoms with E-state index in [0.29, 0.717) is 5.88 Å². The maximum absolute atomic E-state index is 5.63. The third-order valence-electron chi connectivity index (χ3n) is 2.57. The van der Waals surface area contributed by atoms with Crippen LogP contribution in [0.25, 0.3) is 0 Å². The third kappa shape index (κ3) is 3.06. The molecule has 0 aliphatic carbocycles. The summed E-state index contributed by atoms with van der Waals surface area (Å²) < 4.78 is 5.63. The molecule has 0 saturated heterocycles. The quantitative estimate of drug-likeness (QED) is 0.768. The normalized spacial score (nSPS) is 11.2. The number of para-hydroxylation sites is 1. The number of aromatic nitrogens is 1. The second-order valence-electron chi connectivity index (χ2n) is 5.05. The molecule has 1 heterocycles. The van der Waals surface area contributed by atoms with Gasteiger partial charge in [0.25, 0.3) is 0 Å². The van der Waals surface area contributed by atoms with Crippen molar-refractivity contribution in [2.45, 2.75) is 26.2 Å². The Morgan fingerprint density at radius 3 is 2.18 bits per heavy atom. The predicted molar refractivity (Wildman–Crippen MR) is 69.5 cm³/mol. The van der Waals surface area contributed by atoms with E-state index in [1.807, 2.05) is 42.6 Å². The van der Waals surface area contributed by atoms with E-state index < -0.39 is 0 Å². The highest BCUT2D eigenvalue weighted by Gasteiger charge is 2.13. The fourth-order valence-electron chi connectivity index (χ4n) is 1.49. The van der Waals surface area contributed by atoms with Gasteiger partial charge < -0.3 is 4.74 Å². The maximum Gasteiger partial charge on any atom is 0.219 e. The number of pyridine rings is 1. The highest BCUT2D eigenvalue weighted by molar-refractivity contribution is 5.29.